The Hall–Kier alpha value is -1.07. The van der Waals surface area contributed by atoms with Crippen LogP contribution in [-0.2, 0) is 20.0 Å². The Bertz CT molecular complexity index is 336. The van der Waals surface area contributed by atoms with Crippen LogP contribution >= 0.6 is 0 Å². The molecule has 0 saturated carbocycles. The summed E-state index contributed by atoms with van der Waals surface area (Å²) in [6.45, 7) is 3.65. The summed E-state index contributed by atoms with van der Waals surface area (Å²) in [6, 6.07) is 0. The molecule has 0 fully saturated rings. The molecule has 16 heavy (non-hydrogen) atoms. The van der Waals surface area contributed by atoms with Gasteiger partial charge in [-0.2, -0.15) is 5.10 Å². The lowest BCUT2D eigenvalue weighted by atomic mass is 10.2. The maximum atomic E-state index is 8.88. The zero-order valence-corrected chi connectivity index (χ0v) is 10.5. The third-order valence-electron chi connectivity index (χ3n) is 2.61. The number of hydrogen-bond acceptors (Lipinski definition) is 4. The molecule has 5 heteroatoms. The molecule has 0 atom stereocenters. The van der Waals surface area contributed by atoms with Crippen molar-refractivity contribution in [2.75, 3.05) is 27.3 Å². The van der Waals surface area contributed by atoms with Crippen molar-refractivity contribution >= 4 is 0 Å². The summed E-state index contributed by atoms with van der Waals surface area (Å²) in [4.78, 5) is 2.05. The van der Waals surface area contributed by atoms with Gasteiger partial charge >= 0.3 is 0 Å². The molecule has 0 aliphatic rings. The van der Waals surface area contributed by atoms with Gasteiger partial charge in [0.1, 0.15) is 0 Å². The molecule has 0 aliphatic carbocycles. The molecule has 0 unspecified atom stereocenters. The van der Waals surface area contributed by atoms with E-state index in [0.29, 0.717) is 6.54 Å². The molecule has 0 aromatic carbocycles. The van der Waals surface area contributed by atoms with Crippen molar-refractivity contribution in [1.29, 1.82) is 0 Å². The predicted molar refractivity (Wildman–Crippen MR) is 62.6 cm³/mol. The first-order valence-corrected chi connectivity index (χ1v) is 5.52. The van der Waals surface area contributed by atoms with E-state index in [0.717, 1.165) is 30.1 Å². The number of aliphatic hydroxyl groups is 1. The largest absolute Gasteiger partial charge is 0.481 e. The molecular weight excluding hydrogens is 206 g/mol. The van der Waals surface area contributed by atoms with Crippen LogP contribution in [0.1, 0.15) is 18.2 Å². The highest BCUT2D eigenvalue weighted by Crippen LogP contribution is 2.23. The van der Waals surface area contributed by atoms with Crippen molar-refractivity contribution in [3.05, 3.63) is 11.3 Å². The lowest BCUT2D eigenvalue weighted by molar-refractivity contribution is 0.215. The second-order valence-electron chi connectivity index (χ2n) is 3.87. The van der Waals surface area contributed by atoms with Gasteiger partial charge in [-0.1, -0.05) is 6.92 Å². The summed E-state index contributed by atoms with van der Waals surface area (Å²) < 4.78 is 7.11. The maximum absolute atomic E-state index is 8.88. The standard InChI is InChI=1S/C11H21N3O2/c1-5-10-9(8-13(2)6-7-15)11(16-4)14(3)12-10/h15H,5-8H2,1-4H3. The van der Waals surface area contributed by atoms with Crippen LogP contribution in [0.25, 0.3) is 0 Å². The third-order valence-corrected chi connectivity index (χ3v) is 2.61. The van der Waals surface area contributed by atoms with Gasteiger partial charge in [-0.25, -0.2) is 4.68 Å². The first-order valence-electron chi connectivity index (χ1n) is 5.52. The van der Waals surface area contributed by atoms with Gasteiger partial charge in [0.05, 0.1) is 25.0 Å². The predicted octanol–water partition coefficient (Wildman–Crippen LogP) is 0.415. The van der Waals surface area contributed by atoms with Gasteiger partial charge in [-0.3, -0.25) is 4.90 Å². The van der Waals surface area contributed by atoms with Crippen molar-refractivity contribution in [2.45, 2.75) is 19.9 Å². The molecular formula is C11H21N3O2. The molecule has 1 heterocycles. The Labute approximate surface area is 96.6 Å². The van der Waals surface area contributed by atoms with Crippen LogP contribution in [0.3, 0.4) is 0 Å². The van der Waals surface area contributed by atoms with Gasteiger partial charge in [0.15, 0.2) is 0 Å². The minimum absolute atomic E-state index is 0.167. The van der Waals surface area contributed by atoms with E-state index < -0.39 is 0 Å². The van der Waals surface area contributed by atoms with Crippen molar-refractivity contribution in [1.82, 2.24) is 14.7 Å². The number of methoxy groups -OCH3 is 1. The van der Waals surface area contributed by atoms with Gasteiger partial charge in [-0.05, 0) is 13.5 Å². The molecule has 1 aromatic rings. The summed E-state index contributed by atoms with van der Waals surface area (Å²) >= 11 is 0. The number of ether oxygens (including phenoxy) is 1. The van der Waals surface area contributed by atoms with E-state index >= 15 is 0 Å². The van der Waals surface area contributed by atoms with Crippen LogP contribution < -0.4 is 4.74 Å². The fraction of sp³-hybridized carbons (Fsp3) is 0.727. The quantitative estimate of drug-likeness (QED) is 0.765. The number of aryl methyl sites for hydroxylation is 2. The van der Waals surface area contributed by atoms with E-state index in [1.165, 1.54) is 0 Å². The molecule has 0 bridgehead atoms. The Morgan fingerprint density at radius 3 is 2.69 bits per heavy atom. The highest BCUT2D eigenvalue weighted by molar-refractivity contribution is 5.31. The number of aromatic nitrogens is 2. The van der Waals surface area contributed by atoms with Gasteiger partial charge in [0.25, 0.3) is 0 Å². The highest BCUT2D eigenvalue weighted by Gasteiger charge is 2.16. The second kappa shape index (κ2) is 5.86. The van der Waals surface area contributed by atoms with Crippen molar-refractivity contribution in [3.63, 3.8) is 0 Å². The van der Waals surface area contributed by atoms with Gasteiger partial charge in [-0.15, -0.1) is 0 Å². The lowest BCUT2D eigenvalue weighted by Gasteiger charge is -2.15. The summed E-state index contributed by atoms with van der Waals surface area (Å²) in [5.41, 5.74) is 2.17. The van der Waals surface area contributed by atoms with Gasteiger partial charge < -0.3 is 9.84 Å². The fourth-order valence-corrected chi connectivity index (χ4v) is 1.82. The molecule has 1 rings (SSSR count). The van der Waals surface area contributed by atoms with E-state index in [4.69, 9.17) is 9.84 Å². The Balaban J connectivity index is 2.91. The number of aliphatic hydroxyl groups excluding tert-OH is 1. The monoisotopic (exact) mass is 227 g/mol. The summed E-state index contributed by atoms with van der Waals surface area (Å²) in [5, 5.41) is 13.3. The Morgan fingerprint density at radius 1 is 1.50 bits per heavy atom. The normalized spacial score (nSPS) is 11.1. The van der Waals surface area contributed by atoms with Crippen LogP contribution in [0.15, 0.2) is 0 Å². The van der Waals surface area contributed by atoms with E-state index in [1.54, 1.807) is 11.8 Å². The molecule has 0 radical (unpaired) electrons. The van der Waals surface area contributed by atoms with Crippen molar-refractivity contribution in [2.24, 2.45) is 7.05 Å². The summed E-state index contributed by atoms with van der Waals surface area (Å²) in [7, 11) is 5.52. The number of likely N-dealkylation sites (N-methyl/N-ethyl adjacent to an activating group) is 1. The van der Waals surface area contributed by atoms with Gasteiger partial charge in [0.2, 0.25) is 5.88 Å². The van der Waals surface area contributed by atoms with Crippen LogP contribution in [0, 0.1) is 0 Å². The highest BCUT2D eigenvalue weighted by atomic mass is 16.5. The van der Waals surface area contributed by atoms with Crippen LogP contribution in [0.5, 0.6) is 5.88 Å². The minimum atomic E-state index is 0.167. The maximum Gasteiger partial charge on any atom is 0.216 e. The Morgan fingerprint density at radius 2 is 2.19 bits per heavy atom. The zero-order valence-electron chi connectivity index (χ0n) is 10.5. The molecule has 0 spiro atoms. The van der Waals surface area contributed by atoms with E-state index in [9.17, 15) is 0 Å². The molecule has 1 aromatic heterocycles. The molecule has 0 aliphatic heterocycles. The molecule has 5 nitrogen and oxygen atoms in total. The summed E-state index contributed by atoms with van der Waals surface area (Å²) in [5.74, 6) is 0.807. The number of rotatable bonds is 6. The third kappa shape index (κ3) is 2.74. The van der Waals surface area contributed by atoms with E-state index in [1.807, 2.05) is 14.1 Å². The fourth-order valence-electron chi connectivity index (χ4n) is 1.82. The SMILES string of the molecule is CCc1nn(C)c(OC)c1CN(C)CCO. The average molecular weight is 227 g/mol. The topological polar surface area (TPSA) is 50.5 Å². The molecule has 1 N–H and O–H groups in total. The number of hydrogen-bond donors (Lipinski definition) is 1. The smallest absolute Gasteiger partial charge is 0.216 e. The van der Waals surface area contributed by atoms with E-state index in [-0.39, 0.29) is 6.61 Å². The molecule has 92 valence electrons. The van der Waals surface area contributed by atoms with Crippen molar-refractivity contribution < 1.29 is 9.84 Å². The van der Waals surface area contributed by atoms with Gasteiger partial charge in [0, 0.05) is 20.1 Å². The molecule has 0 saturated heterocycles. The lowest BCUT2D eigenvalue weighted by Crippen LogP contribution is -2.22. The second-order valence-corrected chi connectivity index (χ2v) is 3.87. The molecule has 0 amide bonds. The first-order chi connectivity index (χ1) is 7.63. The van der Waals surface area contributed by atoms with Crippen molar-refractivity contribution in [3.8, 4) is 5.88 Å². The van der Waals surface area contributed by atoms with Crippen LogP contribution in [0.4, 0.5) is 0 Å². The van der Waals surface area contributed by atoms with Crippen LogP contribution in [-0.4, -0.2) is 47.1 Å². The minimum Gasteiger partial charge on any atom is -0.481 e. The first kappa shape index (κ1) is 13.0. The Kier molecular flexibility index (Phi) is 4.76. The summed E-state index contributed by atoms with van der Waals surface area (Å²) in [6.07, 6.45) is 0.888. The average Bonchev–Trinajstić information content (AvgIpc) is 2.54. The van der Waals surface area contributed by atoms with E-state index in [2.05, 4.69) is 16.9 Å². The zero-order chi connectivity index (χ0) is 12.1. The number of nitrogens with zero attached hydrogens (tertiary/aromatic N) is 3. The van der Waals surface area contributed by atoms with Crippen LogP contribution in [0.2, 0.25) is 0 Å².